The van der Waals surface area contributed by atoms with Crippen molar-refractivity contribution in [2.75, 3.05) is 33.3 Å². The number of nitrogens with zero attached hydrogens (tertiary/aromatic N) is 3. The van der Waals surface area contributed by atoms with Crippen molar-refractivity contribution in [2.24, 2.45) is 15.4 Å². The summed E-state index contributed by atoms with van der Waals surface area (Å²) in [4.78, 5) is 14.0. The first kappa shape index (κ1) is 23.2. The lowest BCUT2D eigenvalue weighted by molar-refractivity contribution is -0.133. The number of rotatable bonds is 7. The molecule has 1 aromatic rings. The Balaban J connectivity index is 1.69. The summed E-state index contributed by atoms with van der Waals surface area (Å²) in [6.45, 7) is 6.88. The number of carbonyl (C=O) groups excluding carboxylic acids is 1. The highest BCUT2D eigenvalue weighted by molar-refractivity contribution is 7.90. The molecule has 1 saturated heterocycles. The zero-order valence-corrected chi connectivity index (χ0v) is 19.1. The number of aryl methyl sites for hydroxylation is 1. The molecule has 31 heavy (non-hydrogen) atoms. The highest BCUT2D eigenvalue weighted by atomic mass is 32.2. The lowest BCUT2D eigenvalue weighted by atomic mass is 9.94. The average Bonchev–Trinajstić information content (AvgIpc) is 3.13. The molecule has 2 aliphatic rings. The monoisotopic (exact) mass is 449 g/mol. The standard InChI is InChI=1S/C21H31N5O4S/c1-15-7-9-17(10-8-15)31(28,29)25-19(26-13-11-22-12-14-26)6-4-5-18-16(2)20(24-23-18)21(27)30-3/h7-10,16,18,22-23H,4-6,11-14H2,1-3H3/b25-19-/t16-,18-/m1/s1. The predicted octanol–water partition coefficient (Wildman–Crippen LogP) is 1.29. The number of hydrogen-bond donors (Lipinski definition) is 2. The number of sulfonamides is 1. The fourth-order valence-electron chi connectivity index (χ4n) is 3.77. The molecule has 170 valence electrons. The number of hydrogen-bond acceptors (Lipinski definition) is 7. The molecule has 3 rings (SSSR count). The summed E-state index contributed by atoms with van der Waals surface area (Å²) in [5.74, 6) is 0.0971. The van der Waals surface area contributed by atoms with E-state index in [1.165, 1.54) is 7.11 Å². The second-order valence-electron chi connectivity index (χ2n) is 7.94. The third-order valence-corrected chi connectivity index (χ3v) is 7.04. The fraction of sp³-hybridized carbons (Fsp3) is 0.571. The second-order valence-corrected chi connectivity index (χ2v) is 9.54. The van der Waals surface area contributed by atoms with Gasteiger partial charge >= 0.3 is 5.97 Å². The summed E-state index contributed by atoms with van der Waals surface area (Å²) in [6.07, 6.45) is 1.99. The molecule has 2 N–H and O–H groups in total. The van der Waals surface area contributed by atoms with Gasteiger partial charge in [0.1, 0.15) is 11.5 Å². The summed E-state index contributed by atoms with van der Waals surface area (Å²) >= 11 is 0. The minimum Gasteiger partial charge on any atom is -0.464 e. The lowest BCUT2D eigenvalue weighted by Crippen LogP contribution is -2.46. The van der Waals surface area contributed by atoms with Crippen LogP contribution in [0.25, 0.3) is 0 Å². The average molecular weight is 450 g/mol. The van der Waals surface area contributed by atoms with E-state index < -0.39 is 16.0 Å². The van der Waals surface area contributed by atoms with Crippen LogP contribution in [0.3, 0.4) is 0 Å². The smallest absolute Gasteiger partial charge is 0.354 e. The molecule has 2 atom stereocenters. The maximum atomic E-state index is 12.9. The highest BCUT2D eigenvalue weighted by Crippen LogP contribution is 2.20. The van der Waals surface area contributed by atoms with E-state index in [-0.39, 0.29) is 16.9 Å². The first-order chi connectivity index (χ1) is 14.8. The number of carbonyl (C=O) groups is 1. The van der Waals surface area contributed by atoms with E-state index in [1.54, 1.807) is 24.3 Å². The van der Waals surface area contributed by atoms with E-state index >= 15 is 0 Å². The molecule has 0 unspecified atom stereocenters. The Kier molecular flexibility index (Phi) is 7.66. The van der Waals surface area contributed by atoms with Crippen molar-refractivity contribution < 1.29 is 17.9 Å². The molecule has 10 heteroatoms. The van der Waals surface area contributed by atoms with Crippen molar-refractivity contribution >= 4 is 27.5 Å². The molecule has 9 nitrogen and oxygen atoms in total. The van der Waals surface area contributed by atoms with Crippen LogP contribution in [0.1, 0.15) is 31.7 Å². The van der Waals surface area contributed by atoms with Gasteiger partial charge in [0.25, 0.3) is 10.0 Å². The molecule has 2 heterocycles. The van der Waals surface area contributed by atoms with Crippen molar-refractivity contribution in [2.45, 2.75) is 44.0 Å². The van der Waals surface area contributed by atoms with Crippen LogP contribution in [-0.2, 0) is 19.6 Å². The molecule has 0 bridgehead atoms. The molecular weight excluding hydrogens is 418 g/mol. The fourth-order valence-corrected chi connectivity index (χ4v) is 4.84. The van der Waals surface area contributed by atoms with Crippen molar-refractivity contribution in [3.8, 4) is 0 Å². The largest absolute Gasteiger partial charge is 0.464 e. The van der Waals surface area contributed by atoms with Gasteiger partial charge in [-0.05, 0) is 31.9 Å². The maximum Gasteiger partial charge on any atom is 0.354 e. The summed E-state index contributed by atoms with van der Waals surface area (Å²) in [6, 6.07) is 6.75. The van der Waals surface area contributed by atoms with E-state index in [9.17, 15) is 13.2 Å². The number of methoxy groups -OCH3 is 1. The normalized spacial score (nSPS) is 22.1. The Morgan fingerprint density at radius 1 is 1.26 bits per heavy atom. The molecule has 0 aliphatic carbocycles. The molecule has 0 aromatic heterocycles. The van der Waals surface area contributed by atoms with Gasteiger partial charge in [-0.25, -0.2) is 4.79 Å². The number of benzene rings is 1. The first-order valence-corrected chi connectivity index (χ1v) is 12.0. The summed E-state index contributed by atoms with van der Waals surface area (Å²) in [7, 11) is -2.44. The first-order valence-electron chi connectivity index (χ1n) is 10.6. The van der Waals surface area contributed by atoms with Crippen LogP contribution in [-0.4, -0.2) is 70.2 Å². The van der Waals surface area contributed by atoms with Crippen molar-refractivity contribution in [1.82, 2.24) is 15.6 Å². The molecule has 0 amide bonds. The van der Waals surface area contributed by atoms with Crippen LogP contribution in [0.2, 0.25) is 0 Å². The van der Waals surface area contributed by atoms with E-state index in [4.69, 9.17) is 4.74 Å². The van der Waals surface area contributed by atoms with Gasteiger partial charge in [0.2, 0.25) is 0 Å². The number of ether oxygens (including phenoxy) is 1. The molecule has 0 saturated carbocycles. The van der Waals surface area contributed by atoms with Gasteiger partial charge in [-0.2, -0.15) is 13.5 Å². The van der Waals surface area contributed by atoms with Crippen LogP contribution in [0.4, 0.5) is 0 Å². The summed E-state index contributed by atoms with van der Waals surface area (Å²) in [5, 5.41) is 7.39. The van der Waals surface area contributed by atoms with E-state index in [2.05, 4.69) is 20.2 Å². The summed E-state index contributed by atoms with van der Waals surface area (Å²) < 4.78 is 34.8. The molecule has 0 spiro atoms. The van der Waals surface area contributed by atoms with Crippen LogP contribution in [0.5, 0.6) is 0 Å². The van der Waals surface area contributed by atoms with Crippen LogP contribution < -0.4 is 10.7 Å². The van der Waals surface area contributed by atoms with Crippen LogP contribution in [0, 0.1) is 12.8 Å². The molecular formula is C21H31N5O4S. The van der Waals surface area contributed by atoms with Crippen molar-refractivity contribution in [1.29, 1.82) is 0 Å². The third-order valence-electron chi connectivity index (χ3n) is 5.72. The van der Waals surface area contributed by atoms with Crippen molar-refractivity contribution in [3.63, 3.8) is 0 Å². The Morgan fingerprint density at radius 2 is 1.94 bits per heavy atom. The maximum absolute atomic E-state index is 12.9. The highest BCUT2D eigenvalue weighted by Gasteiger charge is 2.32. The van der Waals surface area contributed by atoms with Crippen molar-refractivity contribution in [3.05, 3.63) is 29.8 Å². The van der Waals surface area contributed by atoms with E-state index in [0.29, 0.717) is 18.0 Å². The minimum atomic E-state index is -3.78. The Hall–Kier alpha value is -2.46. The zero-order chi connectivity index (χ0) is 22.4. The van der Waals surface area contributed by atoms with E-state index in [1.807, 2.05) is 18.7 Å². The van der Waals surface area contributed by atoms with Gasteiger partial charge in [0, 0.05) is 38.5 Å². The predicted molar refractivity (Wildman–Crippen MR) is 120 cm³/mol. The van der Waals surface area contributed by atoms with Gasteiger partial charge in [0.05, 0.1) is 18.0 Å². The number of amidine groups is 1. The SMILES string of the molecule is COC(=O)C1=NN[C@H](CCC/C(=N/S(=O)(=O)c2ccc(C)cc2)N2CCNCC2)[C@H]1C. The number of piperazine rings is 1. The van der Waals surface area contributed by atoms with Gasteiger partial charge in [-0.15, -0.1) is 4.40 Å². The minimum absolute atomic E-state index is 0.00655. The molecule has 1 aromatic carbocycles. The van der Waals surface area contributed by atoms with Crippen LogP contribution >= 0.6 is 0 Å². The lowest BCUT2D eigenvalue weighted by Gasteiger charge is -2.30. The van der Waals surface area contributed by atoms with Gasteiger partial charge in [0.15, 0.2) is 0 Å². The van der Waals surface area contributed by atoms with Crippen LogP contribution in [0.15, 0.2) is 38.7 Å². The topological polar surface area (TPSA) is 112 Å². The van der Waals surface area contributed by atoms with Gasteiger partial charge in [-0.1, -0.05) is 24.6 Å². The molecule has 1 fully saturated rings. The second kappa shape index (κ2) is 10.2. The van der Waals surface area contributed by atoms with E-state index in [0.717, 1.165) is 44.6 Å². The Morgan fingerprint density at radius 3 is 2.58 bits per heavy atom. The summed E-state index contributed by atoms with van der Waals surface area (Å²) in [5.41, 5.74) is 4.40. The molecule has 2 aliphatic heterocycles. The van der Waals surface area contributed by atoms with Gasteiger partial charge < -0.3 is 20.4 Å². The Bertz CT molecular complexity index is 937. The quantitative estimate of drug-likeness (QED) is 0.366. The number of nitrogens with one attached hydrogen (secondary N) is 2. The van der Waals surface area contributed by atoms with Gasteiger partial charge in [-0.3, -0.25) is 0 Å². The number of hydrazone groups is 1. The third kappa shape index (κ3) is 5.82. The zero-order valence-electron chi connectivity index (χ0n) is 18.3. The number of esters is 1. The molecule has 0 radical (unpaired) electrons. The Labute approximate surface area is 184 Å².